The Morgan fingerprint density at radius 1 is 1.08 bits per heavy atom. The largest absolute Gasteiger partial charge is 0.350 e. The number of rotatable bonds is 1. The molecule has 1 aliphatic rings. The van der Waals surface area contributed by atoms with Gasteiger partial charge in [-0.2, -0.15) is 0 Å². The molecule has 1 fully saturated rings. The van der Waals surface area contributed by atoms with Gasteiger partial charge in [-0.3, -0.25) is 0 Å². The van der Waals surface area contributed by atoms with Gasteiger partial charge in [0.2, 0.25) is 0 Å². The van der Waals surface area contributed by atoms with E-state index in [0.29, 0.717) is 12.1 Å². The van der Waals surface area contributed by atoms with Crippen LogP contribution < -0.4 is 11.5 Å². The summed E-state index contributed by atoms with van der Waals surface area (Å²) in [4.78, 5) is 0. The Kier molecular flexibility index (Phi) is 2.38. The van der Waals surface area contributed by atoms with E-state index in [-0.39, 0.29) is 6.04 Å². The van der Waals surface area contributed by atoms with Crippen LogP contribution in [0.4, 0.5) is 0 Å². The van der Waals surface area contributed by atoms with Crippen LogP contribution in [0.25, 0.3) is 0 Å². The molecule has 1 heterocycles. The molecule has 3 unspecified atom stereocenters. The second-order valence-corrected chi connectivity index (χ2v) is 3.93. The molecule has 0 amide bonds. The summed E-state index contributed by atoms with van der Waals surface area (Å²) in [6, 6.07) is 5.07. The fraction of sp³-hybridized carbons (Fsp3) is 0.600. The average molecular weight is 179 g/mol. The first kappa shape index (κ1) is 8.78. The van der Waals surface area contributed by atoms with Crippen molar-refractivity contribution in [2.45, 2.75) is 37.4 Å². The molecule has 0 saturated heterocycles. The van der Waals surface area contributed by atoms with Crippen LogP contribution in [0, 0.1) is 0 Å². The molecule has 1 aromatic heterocycles. The molecular weight excluding hydrogens is 162 g/mol. The Bertz CT molecular complexity index is 255. The van der Waals surface area contributed by atoms with Crippen LogP contribution in [0.5, 0.6) is 0 Å². The summed E-state index contributed by atoms with van der Waals surface area (Å²) < 4.78 is 2.18. The maximum absolute atomic E-state index is 6.06. The van der Waals surface area contributed by atoms with Gasteiger partial charge in [-0.25, -0.2) is 0 Å². The van der Waals surface area contributed by atoms with Crippen molar-refractivity contribution in [3.8, 4) is 0 Å². The Morgan fingerprint density at radius 2 is 1.77 bits per heavy atom. The first-order valence-electron chi connectivity index (χ1n) is 4.91. The van der Waals surface area contributed by atoms with E-state index in [4.69, 9.17) is 11.5 Å². The Labute approximate surface area is 78.7 Å². The van der Waals surface area contributed by atoms with Crippen LogP contribution in [0.2, 0.25) is 0 Å². The molecular formula is C10H17N3. The van der Waals surface area contributed by atoms with Gasteiger partial charge in [-0.05, 0) is 31.4 Å². The van der Waals surface area contributed by atoms with Crippen LogP contribution in [-0.2, 0) is 0 Å². The number of hydrogen-bond acceptors (Lipinski definition) is 2. The molecule has 0 radical (unpaired) electrons. The van der Waals surface area contributed by atoms with Crippen molar-refractivity contribution in [3.63, 3.8) is 0 Å². The monoisotopic (exact) mass is 179 g/mol. The molecule has 2 rings (SSSR count). The molecule has 0 bridgehead atoms. The van der Waals surface area contributed by atoms with E-state index in [0.717, 1.165) is 19.3 Å². The van der Waals surface area contributed by atoms with Gasteiger partial charge in [0, 0.05) is 30.5 Å². The lowest BCUT2D eigenvalue weighted by Gasteiger charge is -2.33. The van der Waals surface area contributed by atoms with Crippen molar-refractivity contribution in [3.05, 3.63) is 24.5 Å². The number of hydrogen-bond donors (Lipinski definition) is 2. The molecule has 1 aromatic rings. The quantitative estimate of drug-likeness (QED) is 0.672. The highest BCUT2D eigenvalue weighted by Crippen LogP contribution is 2.26. The highest BCUT2D eigenvalue weighted by molar-refractivity contribution is 4.98. The Balaban J connectivity index is 2.12. The van der Waals surface area contributed by atoms with Crippen molar-refractivity contribution in [1.82, 2.24) is 4.57 Å². The fourth-order valence-corrected chi connectivity index (χ4v) is 2.11. The zero-order chi connectivity index (χ0) is 9.26. The highest BCUT2D eigenvalue weighted by atomic mass is 15.0. The Morgan fingerprint density at radius 3 is 2.46 bits per heavy atom. The first-order chi connectivity index (χ1) is 6.27. The first-order valence-corrected chi connectivity index (χ1v) is 4.91. The number of nitrogens with two attached hydrogens (primary N) is 2. The third kappa shape index (κ3) is 1.76. The lowest BCUT2D eigenvalue weighted by Crippen LogP contribution is -2.41. The molecule has 13 heavy (non-hydrogen) atoms. The second kappa shape index (κ2) is 3.52. The van der Waals surface area contributed by atoms with Gasteiger partial charge in [-0.15, -0.1) is 0 Å². The van der Waals surface area contributed by atoms with Gasteiger partial charge >= 0.3 is 0 Å². The number of nitrogens with zero attached hydrogens (tertiary/aromatic N) is 1. The molecule has 1 aliphatic carbocycles. The van der Waals surface area contributed by atoms with Crippen LogP contribution in [0.3, 0.4) is 0 Å². The molecule has 0 spiro atoms. The zero-order valence-corrected chi connectivity index (χ0v) is 7.76. The summed E-state index contributed by atoms with van der Waals surface area (Å²) in [5.41, 5.74) is 12.0. The van der Waals surface area contributed by atoms with E-state index in [1.165, 1.54) is 0 Å². The minimum Gasteiger partial charge on any atom is -0.350 e. The molecule has 0 aliphatic heterocycles. The van der Waals surface area contributed by atoms with Gasteiger partial charge < -0.3 is 16.0 Å². The fourth-order valence-electron chi connectivity index (χ4n) is 2.11. The summed E-state index contributed by atoms with van der Waals surface area (Å²) in [5.74, 6) is 0. The van der Waals surface area contributed by atoms with E-state index in [1.807, 2.05) is 12.1 Å². The summed E-state index contributed by atoms with van der Waals surface area (Å²) in [5, 5.41) is 0. The van der Waals surface area contributed by atoms with Crippen molar-refractivity contribution >= 4 is 0 Å². The number of aromatic nitrogens is 1. The predicted molar refractivity (Wildman–Crippen MR) is 53.3 cm³/mol. The minimum absolute atomic E-state index is 0.271. The molecule has 0 aromatic carbocycles. The predicted octanol–water partition coefficient (Wildman–Crippen LogP) is 0.868. The molecule has 3 atom stereocenters. The molecule has 3 heteroatoms. The topological polar surface area (TPSA) is 57.0 Å². The van der Waals surface area contributed by atoms with Gasteiger partial charge in [0.15, 0.2) is 0 Å². The minimum atomic E-state index is 0.271. The lowest BCUT2D eigenvalue weighted by molar-refractivity contribution is 0.280. The third-order valence-electron chi connectivity index (χ3n) is 2.92. The second-order valence-electron chi connectivity index (χ2n) is 3.93. The summed E-state index contributed by atoms with van der Waals surface area (Å²) in [7, 11) is 0. The van der Waals surface area contributed by atoms with E-state index >= 15 is 0 Å². The van der Waals surface area contributed by atoms with Crippen molar-refractivity contribution in [1.29, 1.82) is 0 Å². The summed E-state index contributed by atoms with van der Waals surface area (Å²) in [6.45, 7) is 0. The van der Waals surface area contributed by atoms with E-state index in [2.05, 4.69) is 17.0 Å². The SMILES string of the molecule is NC1CCC(N)C(n2cccc2)C1. The lowest BCUT2D eigenvalue weighted by atomic mass is 9.87. The van der Waals surface area contributed by atoms with E-state index in [9.17, 15) is 0 Å². The summed E-state index contributed by atoms with van der Waals surface area (Å²) >= 11 is 0. The third-order valence-corrected chi connectivity index (χ3v) is 2.92. The zero-order valence-electron chi connectivity index (χ0n) is 7.76. The molecule has 4 N–H and O–H groups in total. The van der Waals surface area contributed by atoms with Gasteiger partial charge in [0.25, 0.3) is 0 Å². The van der Waals surface area contributed by atoms with Crippen LogP contribution in [-0.4, -0.2) is 16.7 Å². The van der Waals surface area contributed by atoms with Gasteiger partial charge in [0.1, 0.15) is 0 Å². The maximum Gasteiger partial charge on any atom is 0.0496 e. The molecule has 1 saturated carbocycles. The van der Waals surface area contributed by atoms with E-state index < -0.39 is 0 Å². The molecule has 3 nitrogen and oxygen atoms in total. The van der Waals surface area contributed by atoms with Crippen molar-refractivity contribution in [2.75, 3.05) is 0 Å². The standard InChI is InChI=1S/C10H17N3/c11-8-3-4-9(12)10(7-8)13-5-1-2-6-13/h1-2,5-6,8-10H,3-4,7,11-12H2. The van der Waals surface area contributed by atoms with Crippen LogP contribution in [0.1, 0.15) is 25.3 Å². The van der Waals surface area contributed by atoms with Crippen molar-refractivity contribution < 1.29 is 0 Å². The normalized spacial score (nSPS) is 34.8. The van der Waals surface area contributed by atoms with Crippen LogP contribution in [0.15, 0.2) is 24.5 Å². The Hall–Kier alpha value is -0.800. The van der Waals surface area contributed by atoms with Gasteiger partial charge in [-0.1, -0.05) is 0 Å². The van der Waals surface area contributed by atoms with Crippen molar-refractivity contribution in [2.24, 2.45) is 11.5 Å². The van der Waals surface area contributed by atoms with E-state index in [1.54, 1.807) is 0 Å². The molecule has 72 valence electrons. The summed E-state index contributed by atoms with van der Waals surface area (Å²) in [6.07, 6.45) is 7.27. The highest BCUT2D eigenvalue weighted by Gasteiger charge is 2.26. The van der Waals surface area contributed by atoms with Gasteiger partial charge in [0.05, 0.1) is 0 Å². The average Bonchev–Trinajstić information content (AvgIpc) is 2.61. The van der Waals surface area contributed by atoms with Crippen LogP contribution >= 0.6 is 0 Å². The maximum atomic E-state index is 6.06. The smallest absolute Gasteiger partial charge is 0.0496 e.